The molecule has 0 aromatic rings. The van der Waals surface area contributed by atoms with Gasteiger partial charge >= 0.3 is 0 Å². The van der Waals surface area contributed by atoms with Gasteiger partial charge in [0.25, 0.3) is 0 Å². The van der Waals surface area contributed by atoms with Crippen molar-refractivity contribution < 1.29 is 0 Å². The van der Waals surface area contributed by atoms with Gasteiger partial charge in [0.15, 0.2) is 0 Å². The van der Waals surface area contributed by atoms with Crippen molar-refractivity contribution in [3.63, 3.8) is 0 Å². The molecule has 1 aliphatic heterocycles. The maximum Gasteiger partial charge on any atom is 0.0226 e. The first-order valence-corrected chi connectivity index (χ1v) is 7.95. The lowest BCUT2D eigenvalue weighted by Crippen LogP contribution is -2.41. The van der Waals surface area contributed by atoms with Crippen LogP contribution in [-0.4, -0.2) is 42.1 Å². The molecule has 2 atom stereocenters. The Bertz CT molecular complexity index is 175. The molecular formula is C13H28N2S. The lowest BCUT2D eigenvalue weighted by atomic mass is 10.0. The van der Waals surface area contributed by atoms with E-state index in [0.29, 0.717) is 6.04 Å². The molecule has 3 heteroatoms. The molecule has 0 saturated carbocycles. The average molecular weight is 244 g/mol. The molecule has 0 amide bonds. The van der Waals surface area contributed by atoms with Crippen molar-refractivity contribution >= 4 is 11.8 Å². The Kier molecular flexibility index (Phi) is 7.50. The highest BCUT2D eigenvalue weighted by atomic mass is 32.2. The largest absolute Gasteiger partial charge is 0.329 e. The molecule has 0 aromatic carbocycles. The van der Waals surface area contributed by atoms with Crippen molar-refractivity contribution in [2.45, 2.75) is 45.6 Å². The molecule has 0 bridgehead atoms. The molecule has 2 unspecified atom stereocenters. The maximum atomic E-state index is 5.92. The second kappa shape index (κ2) is 8.37. The Morgan fingerprint density at radius 2 is 2.19 bits per heavy atom. The minimum absolute atomic E-state index is 0.629. The van der Waals surface area contributed by atoms with Crippen LogP contribution in [0.25, 0.3) is 0 Å². The zero-order valence-electron chi connectivity index (χ0n) is 11.0. The van der Waals surface area contributed by atoms with Crippen molar-refractivity contribution in [2.24, 2.45) is 11.7 Å². The summed E-state index contributed by atoms with van der Waals surface area (Å²) in [5, 5.41) is 0. The van der Waals surface area contributed by atoms with Crippen molar-refractivity contribution in [1.29, 1.82) is 0 Å². The molecule has 1 saturated heterocycles. The van der Waals surface area contributed by atoms with Gasteiger partial charge in [-0.25, -0.2) is 0 Å². The van der Waals surface area contributed by atoms with Crippen LogP contribution in [0.5, 0.6) is 0 Å². The number of rotatable bonds is 6. The summed E-state index contributed by atoms with van der Waals surface area (Å²) in [7, 11) is 0. The quantitative estimate of drug-likeness (QED) is 0.728. The fourth-order valence-corrected chi connectivity index (χ4v) is 3.19. The topological polar surface area (TPSA) is 29.3 Å². The van der Waals surface area contributed by atoms with Gasteiger partial charge in [0.2, 0.25) is 0 Å². The summed E-state index contributed by atoms with van der Waals surface area (Å²) < 4.78 is 0. The highest BCUT2D eigenvalue weighted by Crippen LogP contribution is 2.19. The number of nitrogens with zero attached hydrogens (tertiary/aromatic N) is 1. The predicted molar refractivity (Wildman–Crippen MR) is 75.0 cm³/mol. The van der Waals surface area contributed by atoms with Gasteiger partial charge in [-0.1, -0.05) is 13.8 Å². The first kappa shape index (κ1) is 14.3. The van der Waals surface area contributed by atoms with Gasteiger partial charge in [0.1, 0.15) is 0 Å². The molecule has 0 radical (unpaired) electrons. The summed E-state index contributed by atoms with van der Waals surface area (Å²) in [6.45, 7) is 7.98. The second-order valence-electron chi connectivity index (χ2n) is 4.95. The molecule has 0 spiro atoms. The standard InChI is InChI=1S/C13H28N2S/c1-3-16-10-7-13(11-14)15-8-4-5-12(2)6-9-15/h12-13H,3-11,14H2,1-2H3. The van der Waals surface area contributed by atoms with Crippen molar-refractivity contribution in [3.05, 3.63) is 0 Å². The third-order valence-electron chi connectivity index (χ3n) is 3.64. The number of likely N-dealkylation sites (tertiary alicyclic amines) is 1. The van der Waals surface area contributed by atoms with E-state index in [2.05, 4.69) is 18.7 Å². The molecule has 2 nitrogen and oxygen atoms in total. The number of nitrogens with two attached hydrogens (primary N) is 1. The van der Waals surface area contributed by atoms with E-state index >= 15 is 0 Å². The van der Waals surface area contributed by atoms with E-state index in [9.17, 15) is 0 Å². The fourth-order valence-electron chi connectivity index (χ4n) is 2.46. The Balaban J connectivity index is 2.32. The molecule has 96 valence electrons. The monoisotopic (exact) mass is 244 g/mol. The SMILES string of the molecule is CCSCCC(CN)N1CCCC(C)CC1. The summed E-state index contributed by atoms with van der Waals surface area (Å²) in [5.74, 6) is 3.41. The Morgan fingerprint density at radius 3 is 2.88 bits per heavy atom. The van der Waals surface area contributed by atoms with Crippen molar-refractivity contribution in [2.75, 3.05) is 31.1 Å². The summed E-state index contributed by atoms with van der Waals surface area (Å²) >= 11 is 2.04. The molecule has 0 aromatic heterocycles. The zero-order valence-corrected chi connectivity index (χ0v) is 11.8. The molecular weight excluding hydrogens is 216 g/mol. The van der Waals surface area contributed by atoms with E-state index in [1.807, 2.05) is 11.8 Å². The lowest BCUT2D eigenvalue weighted by Gasteiger charge is -2.29. The van der Waals surface area contributed by atoms with Gasteiger partial charge in [-0.15, -0.1) is 0 Å². The summed E-state index contributed by atoms with van der Waals surface area (Å²) in [6, 6.07) is 0.629. The number of hydrogen-bond donors (Lipinski definition) is 1. The van der Waals surface area contributed by atoms with E-state index in [4.69, 9.17) is 5.73 Å². The van der Waals surface area contributed by atoms with Crippen LogP contribution in [0.4, 0.5) is 0 Å². The van der Waals surface area contributed by atoms with Gasteiger partial charge in [-0.3, -0.25) is 4.90 Å². The van der Waals surface area contributed by atoms with Crippen LogP contribution in [0, 0.1) is 5.92 Å². The van der Waals surface area contributed by atoms with E-state index < -0.39 is 0 Å². The third kappa shape index (κ3) is 5.07. The summed E-state index contributed by atoms with van der Waals surface area (Å²) in [5.41, 5.74) is 5.92. The molecule has 1 rings (SSSR count). The van der Waals surface area contributed by atoms with E-state index in [-0.39, 0.29) is 0 Å². The number of hydrogen-bond acceptors (Lipinski definition) is 3. The van der Waals surface area contributed by atoms with Crippen LogP contribution in [0.2, 0.25) is 0 Å². The van der Waals surface area contributed by atoms with Crippen LogP contribution < -0.4 is 5.73 Å². The van der Waals surface area contributed by atoms with Crippen molar-refractivity contribution in [3.8, 4) is 0 Å². The van der Waals surface area contributed by atoms with E-state index in [1.54, 1.807) is 0 Å². The second-order valence-corrected chi connectivity index (χ2v) is 6.34. The van der Waals surface area contributed by atoms with Gasteiger partial charge in [0, 0.05) is 12.6 Å². The first-order valence-electron chi connectivity index (χ1n) is 6.79. The van der Waals surface area contributed by atoms with Gasteiger partial charge in [-0.2, -0.15) is 11.8 Å². The fraction of sp³-hybridized carbons (Fsp3) is 1.00. The van der Waals surface area contributed by atoms with Crippen LogP contribution in [0.1, 0.15) is 39.5 Å². The maximum absolute atomic E-state index is 5.92. The Morgan fingerprint density at radius 1 is 1.38 bits per heavy atom. The van der Waals surface area contributed by atoms with Crippen LogP contribution >= 0.6 is 11.8 Å². The molecule has 0 aliphatic carbocycles. The van der Waals surface area contributed by atoms with Gasteiger partial charge in [0.05, 0.1) is 0 Å². The normalized spacial score (nSPS) is 25.3. The smallest absolute Gasteiger partial charge is 0.0226 e. The van der Waals surface area contributed by atoms with E-state index in [1.165, 1.54) is 50.3 Å². The zero-order chi connectivity index (χ0) is 11.8. The summed E-state index contributed by atoms with van der Waals surface area (Å²) in [6.07, 6.45) is 5.39. The molecule has 1 heterocycles. The third-order valence-corrected chi connectivity index (χ3v) is 4.57. The Hall–Kier alpha value is 0.270. The lowest BCUT2D eigenvalue weighted by molar-refractivity contribution is 0.202. The van der Waals surface area contributed by atoms with Crippen LogP contribution in [0.15, 0.2) is 0 Å². The first-order chi connectivity index (χ1) is 7.77. The molecule has 1 fully saturated rings. The molecule has 16 heavy (non-hydrogen) atoms. The minimum atomic E-state index is 0.629. The minimum Gasteiger partial charge on any atom is -0.329 e. The van der Waals surface area contributed by atoms with Crippen LogP contribution in [0.3, 0.4) is 0 Å². The Labute approximate surface area is 105 Å². The summed E-state index contributed by atoms with van der Waals surface area (Å²) in [4.78, 5) is 2.64. The van der Waals surface area contributed by atoms with Crippen molar-refractivity contribution in [1.82, 2.24) is 4.90 Å². The predicted octanol–water partition coefficient (Wildman–Crippen LogP) is 2.58. The van der Waals surface area contributed by atoms with E-state index in [0.717, 1.165) is 12.5 Å². The average Bonchev–Trinajstić information content (AvgIpc) is 2.50. The molecule has 2 N–H and O–H groups in total. The molecule has 1 aliphatic rings. The number of thioether (sulfide) groups is 1. The van der Waals surface area contributed by atoms with Gasteiger partial charge in [-0.05, 0) is 56.2 Å². The highest BCUT2D eigenvalue weighted by molar-refractivity contribution is 7.99. The van der Waals surface area contributed by atoms with Crippen LogP contribution in [-0.2, 0) is 0 Å². The van der Waals surface area contributed by atoms with Gasteiger partial charge < -0.3 is 5.73 Å². The highest BCUT2D eigenvalue weighted by Gasteiger charge is 2.20.